The van der Waals surface area contributed by atoms with E-state index < -0.39 is 0 Å². The lowest BCUT2D eigenvalue weighted by Gasteiger charge is -2.39. The van der Waals surface area contributed by atoms with Gasteiger partial charge in [0, 0.05) is 31.2 Å². The van der Waals surface area contributed by atoms with Gasteiger partial charge >= 0.3 is 6.03 Å². The minimum Gasteiger partial charge on any atom is -0.383 e. The van der Waals surface area contributed by atoms with Crippen LogP contribution in [0.15, 0.2) is 48.7 Å². The molecule has 2 heterocycles. The summed E-state index contributed by atoms with van der Waals surface area (Å²) >= 11 is 0. The molecule has 0 radical (unpaired) electrons. The van der Waals surface area contributed by atoms with E-state index in [-0.39, 0.29) is 23.8 Å². The third-order valence-corrected chi connectivity index (χ3v) is 5.15. The van der Waals surface area contributed by atoms with E-state index >= 15 is 0 Å². The smallest absolute Gasteiger partial charge is 0.317 e. The number of hydrogen-bond acceptors (Lipinski definition) is 4. The summed E-state index contributed by atoms with van der Waals surface area (Å²) in [6.45, 7) is 3.34. The fourth-order valence-corrected chi connectivity index (χ4v) is 3.55. The first-order valence-electron chi connectivity index (χ1n) is 9.74. The summed E-state index contributed by atoms with van der Waals surface area (Å²) in [6.07, 6.45) is 1.45. The second kappa shape index (κ2) is 7.98. The molecule has 3 aromatic rings. The van der Waals surface area contributed by atoms with Crippen LogP contribution < -0.4 is 16.4 Å². The van der Waals surface area contributed by atoms with Gasteiger partial charge in [0.1, 0.15) is 11.6 Å². The van der Waals surface area contributed by atoms with Gasteiger partial charge in [-0.2, -0.15) is 0 Å². The van der Waals surface area contributed by atoms with Crippen molar-refractivity contribution in [2.24, 2.45) is 0 Å². The summed E-state index contributed by atoms with van der Waals surface area (Å²) in [7, 11) is 0. The molecule has 1 aliphatic heterocycles. The number of anilines is 1. The average molecular weight is 407 g/mol. The maximum atomic E-state index is 13.6. The molecule has 1 saturated heterocycles. The number of amides is 3. The number of fused-ring (bicyclic) bond motifs is 1. The summed E-state index contributed by atoms with van der Waals surface area (Å²) in [4.78, 5) is 30.4. The zero-order valence-electron chi connectivity index (χ0n) is 16.5. The molecule has 0 unspecified atom stereocenters. The molecule has 30 heavy (non-hydrogen) atoms. The SMILES string of the molecule is CCNC(=O)N1CC(NC(=O)c2cnc(N)c3cc(-c4cccc(F)c4)ccc23)C1. The summed E-state index contributed by atoms with van der Waals surface area (Å²) in [5.74, 6) is -0.300. The van der Waals surface area contributed by atoms with E-state index in [1.54, 1.807) is 17.0 Å². The highest BCUT2D eigenvalue weighted by atomic mass is 19.1. The van der Waals surface area contributed by atoms with Crippen LogP contribution in [0, 0.1) is 5.82 Å². The van der Waals surface area contributed by atoms with E-state index in [2.05, 4.69) is 15.6 Å². The Morgan fingerprint density at radius 1 is 1.17 bits per heavy atom. The van der Waals surface area contributed by atoms with Crippen LogP contribution in [-0.4, -0.2) is 47.5 Å². The molecule has 1 aromatic heterocycles. The number of nitrogens with one attached hydrogen (secondary N) is 2. The number of nitrogen functional groups attached to an aromatic ring is 1. The molecule has 0 aliphatic carbocycles. The first-order chi connectivity index (χ1) is 14.5. The van der Waals surface area contributed by atoms with Crippen molar-refractivity contribution in [1.82, 2.24) is 20.5 Å². The first-order valence-corrected chi connectivity index (χ1v) is 9.74. The monoisotopic (exact) mass is 407 g/mol. The highest BCUT2D eigenvalue weighted by molar-refractivity contribution is 6.10. The van der Waals surface area contributed by atoms with Gasteiger partial charge in [-0.05, 0) is 41.6 Å². The maximum Gasteiger partial charge on any atom is 0.317 e. The molecule has 0 bridgehead atoms. The highest BCUT2D eigenvalue weighted by Gasteiger charge is 2.32. The van der Waals surface area contributed by atoms with Crippen molar-refractivity contribution in [1.29, 1.82) is 0 Å². The van der Waals surface area contributed by atoms with Crippen LogP contribution in [0.1, 0.15) is 17.3 Å². The van der Waals surface area contributed by atoms with E-state index in [0.717, 1.165) is 5.56 Å². The standard InChI is InChI=1S/C22H22FN5O2/c1-2-25-22(30)28-11-16(12-28)27-21(29)19-10-26-20(24)18-9-14(6-7-17(18)19)13-4-3-5-15(23)8-13/h3-10,16H,2,11-12H2,1H3,(H2,24,26)(H,25,30)(H,27,29). The predicted molar refractivity (Wildman–Crippen MR) is 113 cm³/mol. The molecule has 0 saturated carbocycles. The number of halogens is 1. The van der Waals surface area contributed by atoms with Crippen molar-refractivity contribution < 1.29 is 14.0 Å². The molecule has 3 amide bonds. The summed E-state index contributed by atoms with van der Waals surface area (Å²) in [5, 5.41) is 6.96. The Labute approximate surface area is 173 Å². The Bertz CT molecular complexity index is 1130. The van der Waals surface area contributed by atoms with Gasteiger partial charge in [0.15, 0.2) is 0 Å². The topological polar surface area (TPSA) is 100 Å². The molecule has 0 atom stereocenters. The Morgan fingerprint density at radius 2 is 1.93 bits per heavy atom. The van der Waals surface area contributed by atoms with Gasteiger partial charge < -0.3 is 21.3 Å². The number of pyridine rings is 1. The van der Waals surface area contributed by atoms with Crippen molar-refractivity contribution in [2.45, 2.75) is 13.0 Å². The van der Waals surface area contributed by atoms with Crippen LogP contribution in [0.2, 0.25) is 0 Å². The molecule has 7 nitrogen and oxygen atoms in total. The van der Waals surface area contributed by atoms with Gasteiger partial charge in [0.25, 0.3) is 5.91 Å². The minimum absolute atomic E-state index is 0.112. The fourth-order valence-electron chi connectivity index (χ4n) is 3.55. The Morgan fingerprint density at radius 3 is 2.67 bits per heavy atom. The van der Waals surface area contributed by atoms with E-state index in [1.165, 1.54) is 18.3 Å². The third-order valence-electron chi connectivity index (χ3n) is 5.15. The van der Waals surface area contributed by atoms with Crippen molar-refractivity contribution in [3.05, 3.63) is 60.0 Å². The molecule has 2 aromatic carbocycles. The van der Waals surface area contributed by atoms with E-state index in [1.807, 2.05) is 25.1 Å². The van der Waals surface area contributed by atoms with Crippen LogP contribution >= 0.6 is 0 Å². The molecule has 0 spiro atoms. The van der Waals surface area contributed by atoms with Crippen LogP contribution in [-0.2, 0) is 0 Å². The van der Waals surface area contributed by atoms with Gasteiger partial charge in [-0.25, -0.2) is 14.2 Å². The zero-order valence-corrected chi connectivity index (χ0v) is 16.5. The largest absolute Gasteiger partial charge is 0.383 e. The first kappa shape index (κ1) is 19.6. The molecule has 4 rings (SSSR count). The van der Waals surface area contributed by atoms with Crippen molar-refractivity contribution in [3.63, 3.8) is 0 Å². The van der Waals surface area contributed by atoms with Gasteiger partial charge in [0.05, 0.1) is 11.6 Å². The highest BCUT2D eigenvalue weighted by Crippen LogP contribution is 2.29. The van der Waals surface area contributed by atoms with E-state index in [9.17, 15) is 14.0 Å². The van der Waals surface area contributed by atoms with Crippen LogP contribution in [0.3, 0.4) is 0 Å². The summed E-state index contributed by atoms with van der Waals surface area (Å²) < 4.78 is 13.6. The van der Waals surface area contributed by atoms with Crippen molar-refractivity contribution >= 4 is 28.5 Å². The number of benzene rings is 2. The zero-order chi connectivity index (χ0) is 21.3. The molecule has 1 fully saturated rings. The molecule has 8 heteroatoms. The molecular formula is C22H22FN5O2. The van der Waals surface area contributed by atoms with E-state index in [0.29, 0.717) is 47.4 Å². The van der Waals surface area contributed by atoms with Crippen LogP contribution in [0.5, 0.6) is 0 Å². The second-order valence-electron chi connectivity index (χ2n) is 7.24. The molecular weight excluding hydrogens is 385 g/mol. The lowest BCUT2D eigenvalue weighted by molar-refractivity contribution is 0.0856. The molecule has 4 N–H and O–H groups in total. The van der Waals surface area contributed by atoms with Gasteiger partial charge in [-0.15, -0.1) is 0 Å². The Kier molecular flexibility index (Phi) is 5.22. The number of nitrogens with two attached hydrogens (primary N) is 1. The Balaban J connectivity index is 1.56. The number of carbonyl (C=O) groups excluding carboxylic acids is 2. The summed E-state index contributed by atoms with van der Waals surface area (Å²) in [5.41, 5.74) is 7.95. The second-order valence-corrected chi connectivity index (χ2v) is 7.24. The van der Waals surface area contributed by atoms with Crippen molar-refractivity contribution in [3.8, 4) is 11.1 Å². The number of urea groups is 1. The van der Waals surface area contributed by atoms with Crippen LogP contribution in [0.4, 0.5) is 15.0 Å². The van der Waals surface area contributed by atoms with Gasteiger partial charge in [0.2, 0.25) is 0 Å². The van der Waals surface area contributed by atoms with Gasteiger partial charge in [-0.1, -0.05) is 24.3 Å². The number of nitrogens with zero attached hydrogens (tertiary/aromatic N) is 2. The van der Waals surface area contributed by atoms with Crippen LogP contribution in [0.25, 0.3) is 21.9 Å². The maximum absolute atomic E-state index is 13.6. The number of aromatic nitrogens is 1. The number of likely N-dealkylation sites (tertiary alicyclic amines) is 1. The fraction of sp³-hybridized carbons (Fsp3) is 0.227. The molecule has 154 valence electrons. The normalized spacial score (nSPS) is 13.7. The quantitative estimate of drug-likeness (QED) is 0.619. The third kappa shape index (κ3) is 3.76. The lowest BCUT2D eigenvalue weighted by Crippen LogP contribution is -2.62. The molecule has 1 aliphatic rings. The average Bonchev–Trinajstić information content (AvgIpc) is 2.70. The minimum atomic E-state index is -0.325. The lowest BCUT2D eigenvalue weighted by atomic mass is 9.99. The Hall–Kier alpha value is -3.68. The predicted octanol–water partition coefficient (Wildman–Crippen LogP) is 2.77. The number of rotatable bonds is 4. The summed E-state index contributed by atoms with van der Waals surface area (Å²) in [6, 6.07) is 11.5. The number of hydrogen-bond donors (Lipinski definition) is 3. The van der Waals surface area contributed by atoms with Gasteiger partial charge in [-0.3, -0.25) is 4.79 Å². The van der Waals surface area contributed by atoms with Crippen molar-refractivity contribution in [2.75, 3.05) is 25.4 Å². The number of carbonyl (C=O) groups is 2. The van der Waals surface area contributed by atoms with E-state index in [4.69, 9.17) is 5.73 Å².